The van der Waals surface area contributed by atoms with E-state index in [-0.39, 0.29) is 5.82 Å². The van der Waals surface area contributed by atoms with E-state index in [1.807, 2.05) is 61.5 Å². The van der Waals surface area contributed by atoms with E-state index in [9.17, 15) is 4.39 Å². The van der Waals surface area contributed by atoms with Crippen LogP contribution in [0.25, 0.3) is 45.1 Å². The molecule has 5 heteroatoms. The fourth-order valence-corrected chi connectivity index (χ4v) is 3.47. The van der Waals surface area contributed by atoms with Crippen molar-refractivity contribution in [1.29, 1.82) is 0 Å². The van der Waals surface area contributed by atoms with E-state index in [2.05, 4.69) is 15.0 Å². The molecule has 0 spiro atoms. The lowest BCUT2D eigenvalue weighted by atomic mass is 10.1. The number of aromatic nitrogens is 4. The maximum Gasteiger partial charge on any atom is 0.139 e. The third-order valence-corrected chi connectivity index (χ3v) is 4.81. The van der Waals surface area contributed by atoms with Crippen molar-refractivity contribution < 1.29 is 4.39 Å². The Labute approximate surface area is 161 Å². The van der Waals surface area contributed by atoms with E-state index in [1.54, 1.807) is 6.07 Å². The summed E-state index contributed by atoms with van der Waals surface area (Å²) < 4.78 is 13.5. The van der Waals surface area contributed by atoms with Crippen LogP contribution in [0, 0.1) is 12.7 Å². The van der Waals surface area contributed by atoms with Gasteiger partial charge < -0.3 is 9.97 Å². The van der Waals surface area contributed by atoms with Gasteiger partial charge in [-0.25, -0.2) is 14.4 Å². The van der Waals surface area contributed by atoms with E-state index in [4.69, 9.17) is 4.98 Å². The molecule has 0 radical (unpaired) electrons. The second kappa shape index (κ2) is 6.46. The molecule has 3 aromatic carbocycles. The lowest BCUT2D eigenvalue weighted by Gasteiger charge is -2.04. The van der Waals surface area contributed by atoms with Crippen LogP contribution in [0.4, 0.5) is 4.39 Å². The van der Waals surface area contributed by atoms with Gasteiger partial charge in [0.2, 0.25) is 0 Å². The molecule has 0 atom stereocenters. The number of aryl methyl sites for hydroxylation is 1. The molecule has 0 unspecified atom stereocenters. The van der Waals surface area contributed by atoms with Crippen LogP contribution in [0.3, 0.4) is 0 Å². The molecule has 2 aromatic heterocycles. The highest BCUT2D eigenvalue weighted by molar-refractivity contribution is 5.84. The van der Waals surface area contributed by atoms with Gasteiger partial charge >= 0.3 is 0 Å². The SMILES string of the molecule is Cc1[nH]c(-c2ccccc2-c2nc3ccc(F)cc3[nH]2)nc1-c1ccccc1. The van der Waals surface area contributed by atoms with Gasteiger partial charge in [0.05, 0.1) is 16.7 Å². The predicted molar refractivity (Wildman–Crippen MR) is 109 cm³/mol. The average molecular weight is 368 g/mol. The van der Waals surface area contributed by atoms with Crippen LogP contribution in [0.2, 0.25) is 0 Å². The van der Waals surface area contributed by atoms with Crippen molar-refractivity contribution in [2.75, 3.05) is 0 Å². The van der Waals surface area contributed by atoms with Crippen molar-refractivity contribution in [3.8, 4) is 34.0 Å². The van der Waals surface area contributed by atoms with Crippen molar-refractivity contribution in [3.05, 3.63) is 84.3 Å². The molecule has 0 aliphatic heterocycles. The van der Waals surface area contributed by atoms with Crippen molar-refractivity contribution in [3.63, 3.8) is 0 Å². The maximum atomic E-state index is 13.5. The second-order valence-corrected chi connectivity index (χ2v) is 6.72. The van der Waals surface area contributed by atoms with Crippen LogP contribution in [-0.2, 0) is 0 Å². The number of rotatable bonds is 3. The van der Waals surface area contributed by atoms with Gasteiger partial charge in [0, 0.05) is 22.4 Å². The van der Waals surface area contributed by atoms with Crippen LogP contribution in [0.5, 0.6) is 0 Å². The Bertz CT molecular complexity index is 1280. The Morgan fingerprint density at radius 2 is 1.43 bits per heavy atom. The lowest BCUT2D eigenvalue weighted by molar-refractivity contribution is 0.629. The number of nitrogens with zero attached hydrogens (tertiary/aromatic N) is 2. The molecule has 28 heavy (non-hydrogen) atoms. The summed E-state index contributed by atoms with van der Waals surface area (Å²) in [6.45, 7) is 2.02. The first-order valence-electron chi connectivity index (χ1n) is 9.06. The quantitative estimate of drug-likeness (QED) is 0.427. The molecule has 2 N–H and O–H groups in total. The van der Waals surface area contributed by atoms with Gasteiger partial charge in [-0.3, -0.25) is 0 Å². The average Bonchev–Trinajstić information content (AvgIpc) is 3.31. The van der Waals surface area contributed by atoms with Gasteiger partial charge in [-0.1, -0.05) is 54.6 Å². The number of hydrogen-bond donors (Lipinski definition) is 2. The molecule has 0 fully saturated rings. The van der Waals surface area contributed by atoms with E-state index in [0.29, 0.717) is 11.3 Å². The first kappa shape index (κ1) is 16.4. The Kier molecular flexibility index (Phi) is 3.79. The minimum absolute atomic E-state index is 0.287. The Hall–Kier alpha value is -3.73. The Morgan fingerprint density at radius 3 is 2.18 bits per heavy atom. The summed E-state index contributed by atoms with van der Waals surface area (Å²) in [5, 5.41) is 0. The van der Waals surface area contributed by atoms with Crippen molar-refractivity contribution in [2.24, 2.45) is 0 Å². The smallest absolute Gasteiger partial charge is 0.139 e. The molecular weight excluding hydrogens is 351 g/mol. The molecule has 0 aliphatic rings. The number of halogens is 1. The van der Waals surface area contributed by atoms with Crippen LogP contribution in [0.1, 0.15) is 5.69 Å². The first-order valence-corrected chi connectivity index (χ1v) is 9.06. The number of aromatic amines is 2. The monoisotopic (exact) mass is 368 g/mol. The maximum absolute atomic E-state index is 13.5. The zero-order valence-corrected chi connectivity index (χ0v) is 15.2. The van der Waals surface area contributed by atoms with Gasteiger partial charge in [0.15, 0.2) is 0 Å². The highest BCUT2D eigenvalue weighted by Gasteiger charge is 2.16. The lowest BCUT2D eigenvalue weighted by Crippen LogP contribution is -1.88. The highest BCUT2D eigenvalue weighted by atomic mass is 19.1. The molecule has 0 saturated heterocycles. The molecule has 5 rings (SSSR count). The minimum atomic E-state index is -0.287. The molecule has 0 aliphatic carbocycles. The van der Waals surface area contributed by atoms with Gasteiger partial charge in [-0.15, -0.1) is 0 Å². The largest absolute Gasteiger partial charge is 0.342 e. The Balaban J connectivity index is 1.64. The zero-order chi connectivity index (χ0) is 19.1. The van der Waals surface area contributed by atoms with E-state index < -0.39 is 0 Å². The van der Waals surface area contributed by atoms with Crippen molar-refractivity contribution >= 4 is 11.0 Å². The van der Waals surface area contributed by atoms with E-state index in [0.717, 1.165) is 39.4 Å². The van der Waals surface area contributed by atoms with Gasteiger partial charge in [0.25, 0.3) is 0 Å². The highest BCUT2D eigenvalue weighted by Crippen LogP contribution is 2.32. The number of H-pyrrole nitrogens is 2. The summed E-state index contributed by atoms with van der Waals surface area (Å²) in [5.41, 5.74) is 6.25. The number of hydrogen-bond acceptors (Lipinski definition) is 2. The molecular formula is C23H17FN4. The molecule has 0 bridgehead atoms. The van der Waals surface area contributed by atoms with E-state index in [1.165, 1.54) is 12.1 Å². The van der Waals surface area contributed by atoms with E-state index >= 15 is 0 Å². The molecule has 136 valence electrons. The second-order valence-electron chi connectivity index (χ2n) is 6.72. The molecule has 0 saturated carbocycles. The van der Waals surface area contributed by atoms with Crippen LogP contribution >= 0.6 is 0 Å². The summed E-state index contributed by atoms with van der Waals surface area (Å²) >= 11 is 0. The summed E-state index contributed by atoms with van der Waals surface area (Å²) in [4.78, 5) is 16.1. The first-order chi connectivity index (χ1) is 13.7. The molecule has 5 aromatic rings. The van der Waals surface area contributed by atoms with Gasteiger partial charge in [-0.05, 0) is 25.1 Å². The third-order valence-electron chi connectivity index (χ3n) is 4.81. The molecule has 2 heterocycles. The van der Waals surface area contributed by atoms with Gasteiger partial charge in [-0.2, -0.15) is 0 Å². The number of imidazole rings is 2. The van der Waals surface area contributed by atoms with Crippen LogP contribution in [-0.4, -0.2) is 19.9 Å². The van der Waals surface area contributed by atoms with Crippen molar-refractivity contribution in [2.45, 2.75) is 6.92 Å². The zero-order valence-electron chi connectivity index (χ0n) is 15.2. The fraction of sp³-hybridized carbons (Fsp3) is 0.0435. The van der Waals surface area contributed by atoms with Crippen LogP contribution < -0.4 is 0 Å². The summed E-state index contributed by atoms with van der Waals surface area (Å²) in [6, 6.07) is 22.6. The van der Waals surface area contributed by atoms with Crippen LogP contribution in [0.15, 0.2) is 72.8 Å². The summed E-state index contributed by atoms with van der Waals surface area (Å²) in [5.74, 6) is 1.18. The topological polar surface area (TPSA) is 57.4 Å². The minimum Gasteiger partial charge on any atom is -0.342 e. The molecule has 4 nitrogen and oxygen atoms in total. The fourth-order valence-electron chi connectivity index (χ4n) is 3.47. The Morgan fingerprint density at radius 1 is 0.750 bits per heavy atom. The number of fused-ring (bicyclic) bond motifs is 1. The summed E-state index contributed by atoms with van der Waals surface area (Å²) in [7, 11) is 0. The molecule has 0 amide bonds. The standard InChI is InChI=1S/C23H17FN4/c1-14-21(15-7-3-2-4-8-15)28-22(25-14)17-9-5-6-10-18(17)23-26-19-12-11-16(24)13-20(19)27-23/h2-13H,1H3,(H,25,28)(H,26,27). The summed E-state index contributed by atoms with van der Waals surface area (Å²) in [6.07, 6.45) is 0. The number of nitrogens with one attached hydrogen (secondary N) is 2. The van der Waals surface area contributed by atoms with Crippen molar-refractivity contribution in [1.82, 2.24) is 19.9 Å². The third kappa shape index (κ3) is 2.77. The predicted octanol–water partition coefficient (Wildman–Crippen LogP) is 5.73. The normalized spacial score (nSPS) is 11.2. The number of benzene rings is 3. The van der Waals surface area contributed by atoms with Gasteiger partial charge in [0.1, 0.15) is 17.5 Å².